The van der Waals surface area contributed by atoms with E-state index in [0.717, 1.165) is 17.2 Å². The van der Waals surface area contributed by atoms with Gasteiger partial charge in [0.15, 0.2) is 5.82 Å². The highest BCUT2D eigenvalue weighted by molar-refractivity contribution is 5.75. The number of H-pyrrole nitrogens is 1. The van der Waals surface area contributed by atoms with Crippen LogP contribution in [0.3, 0.4) is 0 Å². The van der Waals surface area contributed by atoms with Gasteiger partial charge in [-0.25, -0.2) is 13.8 Å². The van der Waals surface area contributed by atoms with Crippen molar-refractivity contribution in [2.24, 2.45) is 0 Å². The maximum atomic E-state index is 13.6. The molecule has 2 aromatic carbocycles. The lowest BCUT2D eigenvalue weighted by Gasteiger charge is -2.04. The van der Waals surface area contributed by atoms with Crippen LogP contribution in [-0.4, -0.2) is 9.97 Å². The molecule has 0 unspecified atom stereocenters. The second-order valence-corrected chi connectivity index (χ2v) is 5.07. The Morgan fingerprint density at radius 2 is 1.90 bits per heavy atom. The van der Waals surface area contributed by atoms with Gasteiger partial charge in [-0.15, -0.1) is 0 Å². The van der Waals surface area contributed by atoms with Crippen LogP contribution >= 0.6 is 0 Å². The highest BCUT2D eigenvalue weighted by Crippen LogP contribution is 2.20. The first-order chi connectivity index (χ1) is 9.52. The van der Waals surface area contributed by atoms with Crippen LogP contribution in [0.2, 0.25) is 0 Å². The SMILES string of the molecule is Cc1ccc(C)c(Cc2nc3c(F)cc(F)cc3[nH]2)c1. The maximum Gasteiger partial charge on any atom is 0.153 e. The lowest BCUT2D eigenvalue weighted by atomic mass is 10.0. The van der Waals surface area contributed by atoms with Crippen molar-refractivity contribution in [2.45, 2.75) is 20.3 Å². The lowest BCUT2D eigenvalue weighted by Crippen LogP contribution is -1.94. The number of aromatic nitrogens is 2. The first-order valence-electron chi connectivity index (χ1n) is 6.43. The van der Waals surface area contributed by atoms with Gasteiger partial charge in [-0.05, 0) is 31.0 Å². The molecular weight excluding hydrogens is 258 g/mol. The minimum Gasteiger partial charge on any atom is -0.342 e. The molecule has 1 heterocycles. The Labute approximate surface area is 115 Å². The van der Waals surface area contributed by atoms with Crippen molar-refractivity contribution in [1.29, 1.82) is 0 Å². The second-order valence-electron chi connectivity index (χ2n) is 5.07. The standard InChI is InChI=1S/C16H14F2N2/c1-9-3-4-10(2)11(5-9)6-15-19-14-8-12(17)7-13(18)16(14)20-15/h3-5,7-8H,6H2,1-2H3,(H,19,20). The number of halogens is 2. The van der Waals surface area contributed by atoms with Gasteiger partial charge in [-0.1, -0.05) is 23.8 Å². The average Bonchev–Trinajstić information content (AvgIpc) is 2.76. The summed E-state index contributed by atoms with van der Waals surface area (Å²) in [6.45, 7) is 4.05. The van der Waals surface area contributed by atoms with Gasteiger partial charge in [0.2, 0.25) is 0 Å². The van der Waals surface area contributed by atoms with Crippen LogP contribution in [0.4, 0.5) is 8.78 Å². The van der Waals surface area contributed by atoms with E-state index in [1.807, 2.05) is 26.0 Å². The quantitative estimate of drug-likeness (QED) is 0.749. The number of nitrogens with zero attached hydrogens (tertiary/aromatic N) is 1. The summed E-state index contributed by atoms with van der Waals surface area (Å²) in [4.78, 5) is 7.20. The fraction of sp³-hybridized carbons (Fsp3) is 0.188. The smallest absolute Gasteiger partial charge is 0.153 e. The summed E-state index contributed by atoms with van der Waals surface area (Å²) < 4.78 is 26.8. The monoisotopic (exact) mass is 272 g/mol. The van der Waals surface area contributed by atoms with Crippen LogP contribution in [-0.2, 0) is 6.42 Å². The summed E-state index contributed by atoms with van der Waals surface area (Å²) in [5.74, 6) is -0.599. The number of aryl methyl sites for hydroxylation is 2. The fourth-order valence-electron chi connectivity index (χ4n) is 2.35. The highest BCUT2D eigenvalue weighted by atomic mass is 19.1. The molecule has 20 heavy (non-hydrogen) atoms. The van der Waals surface area contributed by atoms with Crippen molar-refractivity contribution in [1.82, 2.24) is 9.97 Å². The van der Waals surface area contributed by atoms with Crippen molar-refractivity contribution in [3.63, 3.8) is 0 Å². The molecule has 1 aromatic heterocycles. The summed E-state index contributed by atoms with van der Waals surface area (Å²) in [6.07, 6.45) is 0.573. The van der Waals surface area contributed by atoms with E-state index in [4.69, 9.17) is 0 Å². The zero-order chi connectivity index (χ0) is 14.3. The van der Waals surface area contributed by atoms with Crippen LogP contribution in [0.5, 0.6) is 0 Å². The molecule has 0 atom stereocenters. The van der Waals surface area contributed by atoms with Gasteiger partial charge in [0.05, 0.1) is 5.52 Å². The second kappa shape index (κ2) is 4.71. The normalized spacial score (nSPS) is 11.2. The summed E-state index contributed by atoms with van der Waals surface area (Å²) in [5.41, 5.74) is 4.03. The minimum atomic E-state index is -0.636. The zero-order valence-corrected chi connectivity index (χ0v) is 11.3. The largest absolute Gasteiger partial charge is 0.342 e. The summed E-state index contributed by atoms with van der Waals surface area (Å²) in [6, 6.07) is 8.29. The molecule has 0 saturated heterocycles. The molecule has 0 amide bonds. The van der Waals surface area contributed by atoms with E-state index in [1.54, 1.807) is 0 Å². The minimum absolute atomic E-state index is 0.187. The first kappa shape index (κ1) is 12.8. The molecule has 2 nitrogen and oxygen atoms in total. The van der Waals surface area contributed by atoms with Crippen molar-refractivity contribution in [3.05, 3.63) is 64.5 Å². The van der Waals surface area contributed by atoms with Gasteiger partial charge in [0, 0.05) is 12.5 Å². The van der Waals surface area contributed by atoms with E-state index in [9.17, 15) is 8.78 Å². The Balaban J connectivity index is 2.03. The molecule has 0 saturated carbocycles. The van der Waals surface area contributed by atoms with Crippen LogP contribution in [0.25, 0.3) is 11.0 Å². The number of imidazole rings is 1. The van der Waals surface area contributed by atoms with Crippen LogP contribution in [0.1, 0.15) is 22.5 Å². The molecule has 1 N–H and O–H groups in total. The molecule has 3 aromatic rings. The molecule has 0 aliphatic rings. The van der Waals surface area contributed by atoms with E-state index >= 15 is 0 Å². The van der Waals surface area contributed by atoms with Crippen LogP contribution in [0.15, 0.2) is 30.3 Å². The Kier molecular flexibility index (Phi) is 3.01. The molecule has 0 spiro atoms. The zero-order valence-electron chi connectivity index (χ0n) is 11.3. The summed E-state index contributed by atoms with van der Waals surface area (Å²) >= 11 is 0. The Morgan fingerprint density at radius 1 is 1.10 bits per heavy atom. The lowest BCUT2D eigenvalue weighted by molar-refractivity contribution is 0.590. The Hall–Kier alpha value is -2.23. The number of fused-ring (bicyclic) bond motifs is 1. The molecule has 3 rings (SSSR count). The van der Waals surface area contributed by atoms with Crippen LogP contribution < -0.4 is 0 Å². The third kappa shape index (κ3) is 2.29. The molecule has 0 radical (unpaired) electrons. The highest BCUT2D eigenvalue weighted by Gasteiger charge is 2.11. The molecule has 102 valence electrons. The van der Waals surface area contributed by atoms with Crippen molar-refractivity contribution in [2.75, 3.05) is 0 Å². The van der Waals surface area contributed by atoms with Crippen molar-refractivity contribution < 1.29 is 8.78 Å². The number of hydrogen-bond acceptors (Lipinski definition) is 1. The molecule has 0 fully saturated rings. The topological polar surface area (TPSA) is 28.7 Å². The fourth-order valence-corrected chi connectivity index (χ4v) is 2.35. The number of hydrogen-bond donors (Lipinski definition) is 1. The van der Waals surface area contributed by atoms with Gasteiger partial charge in [0.1, 0.15) is 17.2 Å². The average molecular weight is 272 g/mol. The van der Waals surface area contributed by atoms with Gasteiger partial charge < -0.3 is 4.98 Å². The molecule has 0 bridgehead atoms. The number of aromatic amines is 1. The Morgan fingerprint density at radius 3 is 2.70 bits per heavy atom. The number of rotatable bonds is 2. The number of nitrogens with one attached hydrogen (secondary N) is 1. The van der Waals surface area contributed by atoms with E-state index in [2.05, 4.69) is 16.0 Å². The Bertz CT molecular complexity index is 791. The third-order valence-electron chi connectivity index (χ3n) is 3.42. The molecule has 4 heteroatoms. The van der Waals surface area contributed by atoms with Crippen molar-refractivity contribution >= 4 is 11.0 Å². The van der Waals surface area contributed by atoms with E-state index in [-0.39, 0.29) is 5.52 Å². The molecule has 0 aliphatic heterocycles. The van der Waals surface area contributed by atoms with Crippen LogP contribution in [0, 0.1) is 25.5 Å². The van der Waals surface area contributed by atoms with E-state index in [1.165, 1.54) is 11.6 Å². The molecule has 0 aliphatic carbocycles. The summed E-state index contributed by atoms with van der Waals surface area (Å²) in [7, 11) is 0. The van der Waals surface area contributed by atoms with E-state index < -0.39 is 11.6 Å². The number of benzene rings is 2. The van der Waals surface area contributed by atoms with Gasteiger partial charge in [-0.2, -0.15) is 0 Å². The van der Waals surface area contributed by atoms with Gasteiger partial charge in [0.25, 0.3) is 0 Å². The predicted molar refractivity (Wildman–Crippen MR) is 74.7 cm³/mol. The first-order valence-corrected chi connectivity index (χ1v) is 6.43. The molecular formula is C16H14F2N2. The van der Waals surface area contributed by atoms with Crippen molar-refractivity contribution in [3.8, 4) is 0 Å². The van der Waals surface area contributed by atoms with E-state index in [0.29, 0.717) is 17.8 Å². The predicted octanol–water partition coefficient (Wildman–Crippen LogP) is 4.05. The van der Waals surface area contributed by atoms with Gasteiger partial charge in [-0.3, -0.25) is 0 Å². The van der Waals surface area contributed by atoms with Gasteiger partial charge >= 0.3 is 0 Å². The maximum absolute atomic E-state index is 13.6. The summed E-state index contributed by atoms with van der Waals surface area (Å²) in [5, 5.41) is 0. The third-order valence-corrected chi connectivity index (χ3v) is 3.42.